The van der Waals surface area contributed by atoms with Crippen molar-refractivity contribution in [1.29, 1.82) is 0 Å². The number of hydrogen-bond donors (Lipinski definition) is 2. The summed E-state index contributed by atoms with van der Waals surface area (Å²) >= 11 is 0. The summed E-state index contributed by atoms with van der Waals surface area (Å²) in [6.07, 6.45) is 4.82. The van der Waals surface area contributed by atoms with Gasteiger partial charge < -0.3 is 20.1 Å². The van der Waals surface area contributed by atoms with Gasteiger partial charge in [0.15, 0.2) is 11.6 Å². The lowest BCUT2D eigenvalue weighted by Crippen LogP contribution is -2.49. The third kappa shape index (κ3) is 5.65. The Hall–Kier alpha value is -1.95. The topological polar surface area (TPSA) is 44.7 Å². The van der Waals surface area contributed by atoms with Gasteiger partial charge in [0.25, 0.3) is 0 Å². The standard InChI is InChI=1S/C26H35FN2O2/c1-20-5-7-21(8-6-20)19-31-25-10-9-22(17-24(25)27)23(18-29-15-13-28-14-16-29)26(30)11-3-2-4-12-26/h5-10,17,23,28,30H,2-4,11-16,18-19H2,1H3. The van der Waals surface area contributed by atoms with Gasteiger partial charge in [-0.1, -0.05) is 55.2 Å². The molecule has 5 heteroatoms. The number of rotatable bonds is 7. The van der Waals surface area contributed by atoms with E-state index in [0.717, 1.165) is 69.5 Å². The molecule has 0 spiro atoms. The molecule has 168 valence electrons. The summed E-state index contributed by atoms with van der Waals surface area (Å²) in [5.41, 5.74) is 2.32. The summed E-state index contributed by atoms with van der Waals surface area (Å²) < 4.78 is 20.8. The van der Waals surface area contributed by atoms with E-state index >= 15 is 4.39 Å². The second-order valence-corrected chi connectivity index (χ2v) is 9.23. The zero-order chi connectivity index (χ0) is 21.7. The third-order valence-corrected chi connectivity index (χ3v) is 6.89. The van der Waals surface area contributed by atoms with Crippen LogP contribution in [0.25, 0.3) is 0 Å². The molecule has 1 saturated carbocycles. The fraction of sp³-hybridized carbons (Fsp3) is 0.538. The van der Waals surface area contributed by atoms with E-state index in [1.165, 1.54) is 12.0 Å². The van der Waals surface area contributed by atoms with Crippen molar-refractivity contribution in [2.45, 2.75) is 57.2 Å². The molecule has 1 unspecified atom stereocenters. The lowest BCUT2D eigenvalue weighted by Gasteiger charge is -2.42. The van der Waals surface area contributed by atoms with E-state index in [-0.39, 0.29) is 17.5 Å². The Morgan fingerprint density at radius 2 is 1.77 bits per heavy atom. The van der Waals surface area contributed by atoms with Crippen LogP contribution in [0.15, 0.2) is 42.5 Å². The molecule has 2 fully saturated rings. The van der Waals surface area contributed by atoms with Crippen molar-refractivity contribution in [1.82, 2.24) is 10.2 Å². The number of benzene rings is 2. The molecule has 2 aromatic carbocycles. The van der Waals surface area contributed by atoms with Crippen LogP contribution in [0.2, 0.25) is 0 Å². The number of aryl methyl sites for hydroxylation is 1. The molecule has 2 aromatic rings. The average Bonchev–Trinajstić information content (AvgIpc) is 2.79. The van der Waals surface area contributed by atoms with Crippen LogP contribution in [-0.4, -0.2) is 48.3 Å². The highest BCUT2D eigenvalue weighted by molar-refractivity contribution is 5.34. The molecule has 2 aliphatic rings. The Labute approximate surface area is 185 Å². The van der Waals surface area contributed by atoms with E-state index in [4.69, 9.17) is 4.74 Å². The monoisotopic (exact) mass is 426 g/mol. The van der Waals surface area contributed by atoms with E-state index in [1.54, 1.807) is 12.1 Å². The minimum Gasteiger partial charge on any atom is -0.486 e. The zero-order valence-corrected chi connectivity index (χ0v) is 18.6. The molecule has 1 saturated heterocycles. The van der Waals surface area contributed by atoms with Gasteiger partial charge in [-0.2, -0.15) is 0 Å². The molecule has 2 N–H and O–H groups in total. The fourth-order valence-electron chi connectivity index (χ4n) is 4.95. The number of nitrogens with one attached hydrogen (secondary N) is 1. The van der Waals surface area contributed by atoms with Gasteiger partial charge in [-0.3, -0.25) is 0 Å². The molecular weight excluding hydrogens is 391 g/mol. The first kappa shape index (κ1) is 22.3. The Kier molecular flexibility index (Phi) is 7.26. The van der Waals surface area contributed by atoms with Crippen LogP contribution in [0.5, 0.6) is 5.75 Å². The highest BCUT2D eigenvalue weighted by Crippen LogP contribution is 2.41. The van der Waals surface area contributed by atoms with Crippen LogP contribution in [0.3, 0.4) is 0 Å². The van der Waals surface area contributed by atoms with Crippen molar-refractivity contribution in [3.05, 3.63) is 65.0 Å². The zero-order valence-electron chi connectivity index (χ0n) is 18.6. The largest absolute Gasteiger partial charge is 0.486 e. The summed E-state index contributed by atoms with van der Waals surface area (Å²) in [6, 6.07) is 13.3. The molecule has 1 atom stereocenters. The fourth-order valence-corrected chi connectivity index (χ4v) is 4.95. The predicted octanol–water partition coefficient (Wildman–Crippen LogP) is 4.40. The number of ether oxygens (including phenoxy) is 1. The maximum Gasteiger partial charge on any atom is 0.165 e. The smallest absolute Gasteiger partial charge is 0.165 e. The highest BCUT2D eigenvalue weighted by Gasteiger charge is 2.40. The Morgan fingerprint density at radius 1 is 1.06 bits per heavy atom. The summed E-state index contributed by atoms with van der Waals surface area (Å²) in [5.74, 6) is -0.179. The van der Waals surface area contributed by atoms with Gasteiger partial charge in [-0.15, -0.1) is 0 Å². The molecular formula is C26H35FN2O2. The van der Waals surface area contributed by atoms with Crippen molar-refractivity contribution in [2.75, 3.05) is 32.7 Å². The molecule has 0 radical (unpaired) electrons. The summed E-state index contributed by atoms with van der Waals surface area (Å²) in [4.78, 5) is 2.40. The molecule has 1 heterocycles. The summed E-state index contributed by atoms with van der Waals surface area (Å²) in [5, 5.41) is 14.9. The first-order chi connectivity index (χ1) is 15.0. The molecule has 1 aliphatic heterocycles. The van der Waals surface area contributed by atoms with Crippen molar-refractivity contribution in [3.63, 3.8) is 0 Å². The highest BCUT2D eigenvalue weighted by atomic mass is 19.1. The van der Waals surface area contributed by atoms with Crippen LogP contribution in [-0.2, 0) is 6.61 Å². The molecule has 4 nitrogen and oxygen atoms in total. The second kappa shape index (κ2) is 10.1. The van der Waals surface area contributed by atoms with E-state index in [1.807, 2.05) is 37.3 Å². The Bertz CT molecular complexity index is 843. The van der Waals surface area contributed by atoms with Crippen LogP contribution in [0.4, 0.5) is 4.39 Å². The second-order valence-electron chi connectivity index (χ2n) is 9.23. The molecule has 4 rings (SSSR count). The van der Waals surface area contributed by atoms with Crippen LogP contribution in [0, 0.1) is 12.7 Å². The number of halogens is 1. The molecule has 0 aromatic heterocycles. The Balaban J connectivity index is 1.51. The lowest BCUT2D eigenvalue weighted by molar-refractivity contribution is -0.0317. The van der Waals surface area contributed by atoms with Gasteiger partial charge in [0.2, 0.25) is 0 Å². The first-order valence-electron chi connectivity index (χ1n) is 11.7. The van der Waals surface area contributed by atoms with Gasteiger partial charge in [-0.05, 0) is 43.0 Å². The average molecular weight is 427 g/mol. The minimum absolute atomic E-state index is 0.0912. The van der Waals surface area contributed by atoms with Crippen molar-refractivity contribution in [3.8, 4) is 5.75 Å². The number of hydrogen-bond acceptors (Lipinski definition) is 4. The van der Waals surface area contributed by atoms with Gasteiger partial charge in [0.05, 0.1) is 5.60 Å². The van der Waals surface area contributed by atoms with E-state index in [9.17, 15) is 5.11 Å². The van der Waals surface area contributed by atoms with E-state index < -0.39 is 5.60 Å². The van der Waals surface area contributed by atoms with Gasteiger partial charge in [0.1, 0.15) is 6.61 Å². The number of aliphatic hydroxyl groups is 1. The van der Waals surface area contributed by atoms with Crippen molar-refractivity contribution in [2.24, 2.45) is 0 Å². The lowest BCUT2D eigenvalue weighted by atomic mass is 9.72. The summed E-state index contributed by atoms with van der Waals surface area (Å²) in [6.45, 7) is 7.00. The van der Waals surface area contributed by atoms with Crippen LogP contribution in [0.1, 0.15) is 54.7 Å². The number of piperazine rings is 1. The number of nitrogens with zero attached hydrogens (tertiary/aromatic N) is 1. The third-order valence-electron chi connectivity index (χ3n) is 6.89. The van der Waals surface area contributed by atoms with Crippen molar-refractivity contribution < 1.29 is 14.2 Å². The van der Waals surface area contributed by atoms with E-state index in [0.29, 0.717) is 6.61 Å². The maximum atomic E-state index is 15.0. The predicted molar refractivity (Wildman–Crippen MR) is 122 cm³/mol. The molecule has 0 amide bonds. The molecule has 1 aliphatic carbocycles. The first-order valence-corrected chi connectivity index (χ1v) is 11.7. The Morgan fingerprint density at radius 3 is 2.45 bits per heavy atom. The summed E-state index contributed by atoms with van der Waals surface area (Å²) in [7, 11) is 0. The minimum atomic E-state index is -0.764. The van der Waals surface area contributed by atoms with Gasteiger partial charge >= 0.3 is 0 Å². The van der Waals surface area contributed by atoms with Crippen molar-refractivity contribution >= 4 is 0 Å². The normalized spacial score (nSPS) is 20.4. The molecule has 31 heavy (non-hydrogen) atoms. The maximum absolute atomic E-state index is 15.0. The SMILES string of the molecule is Cc1ccc(COc2ccc(C(CN3CCNCC3)C3(O)CCCCC3)cc2F)cc1. The quantitative estimate of drug-likeness (QED) is 0.689. The molecule has 0 bridgehead atoms. The van der Waals surface area contributed by atoms with Crippen LogP contribution < -0.4 is 10.1 Å². The van der Waals surface area contributed by atoms with Crippen LogP contribution >= 0.6 is 0 Å². The van der Waals surface area contributed by atoms with E-state index in [2.05, 4.69) is 10.2 Å². The van der Waals surface area contributed by atoms with Gasteiger partial charge in [-0.25, -0.2) is 4.39 Å². The van der Waals surface area contributed by atoms with Gasteiger partial charge in [0, 0.05) is 38.6 Å².